The van der Waals surface area contributed by atoms with Crippen molar-refractivity contribution in [1.29, 1.82) is 0 Å². The maximum absolute atomic E-state index is 5.60. The molecule has 0 saturated carbocycles. The molecule has 102 valence electrons. The largest absolute Gasteiger partial charge is 0.497 e. The summed E-state index contributed by atoms with van der Waals surface area (Å²) in [6, 6.07) is 7.60. The fourth-order valence-corrected chi connectivity index (χ4v) is 1.60. The Bertz CT molecular complexity index is 313. The van der Waals surface area contributed by atoms with E-state index in [1.54, 1.807) is 14.2 Å². The summed E-state index contributed by atoms with van der Waals surface area (Å²) in [5, 5.41) is 3.33. The minimum Gasteiger partial charge on any atom is -0.497 e. The van der Waals surface area contributed by atoms with Gasteiger partial charge in [-0.3, -0.25) is 0 Å². The van der Waals surface area contributed by atoms with Crippen LogP contribution in [-0.4, -0.2) is 40.5 Å². The summed E-state index contributed by atoms with van der Waals surface area (Å²) >= 11 is 0. The summed E-state index contributed by atoms with van der Waals surface area (Å²) in [5.41, 5.74) is 0. The standard InChI is InChI=1S/C14H23NO3/c1-12(11-16-2)10-15-8-9-18-14-6-4-13(17-3)5-7-14/h4-7,12,15H,8-11H2,1-3H3. The van der Waals surface area contributed by atoms with Gasteiger partial charge in [-0.1, -0.05) is 6.92 Å². The van der Waals surface area contributed by atoms with E-state index >= 15 is 0 Å². The van der Waals surface area contributed by atoms with Crippen LogP contribution in [0.25, 0.3) is 0 Å². The normalized spacial score (nSPS) is 12.2. The quantitative estimate of drug-likeness (QED) is 0.683. The molecule has 0 aromatic heterocycles. The Hall–Kier alpha value is -1.26. The lowest BCUT2D eigenvalue weighted by atomic mass is 10.2. The van der Waals surface area contributed by atoms with E-state index in [4.69, 9.17) is 14.2 Å². The van der Waals surface area contributed by atoms with E-state index in [0.717, 1.165) is 31.2 Å². The van der Waals surface area contributed by atoms with E-state index in [1.165, 1.54) is 0 Å². The van der Waals surface area contributed by atoms with Crippen molar-refractivity contribution >= 4 is 0 Å². The molecule has 1 N–H and O–H groups in total. The molecule has 0 amide bonds. The van der Waals surface area contributed by atoms with Gasteiger partial charge in [0, 0.05) is 26.8 Å². The Kier molecular flexibility index (Phi) is 7.22. The Morgan fingerprint density at radius 1 is 1.11 bits per heavy atom. The molecule has 1 aromatic rings. The lowest BCUT2D eigenvalue weighted by molar-refractivity contribution is 0.157. The van der Waals surface area contributed by atoms with Gasteiger partial charge in [-0.05, 0) is 30.2 Å². The third-order valence-corrected chi connectivity index (χ3v) is 2.55. The first-order valence-electron chi connectivity index (χ1n) is 6.22. The first-order chi connectivity index (χ1) is 8.76. The van der Waals surface area contributed by atoms with Crippen LogP contribution < -0.4 is 14.8 Å². The van der Waals surface area contributed by atoms with Crippen LogP contribution in [0.2, 0.25) is 0 Å². The lowest BCUT2D eigenvalue weighted by Gasteiger charge is -2.12. The van der Waals surface area contributed by atoms with E-state index < -0.39 is 0 Å². The van der Waals surface area contributed by atoms with Crippen molar-refractivity contribution in [2.75, 3.05) is 40.5 Å². The van der Waals surface area contributed by atoms with Crippen molar-refractivity contribution in [2.45, 2.75) is 6.92 Å². The molecule has 1 rings (SSSR count). The molecular weight excluding hydrogens is 230 g/mol. The molecule has 4 nitrogen and oxygen atoms in total. The second-order valence-corrected chi connectivity index (χ2v) is 4.29. The molecule has 18 heavy (non-hydrogen) atoms. The van der Waals surface area contributed by atoms with E-state index in [-0.39, 0.29) is 0 Å². The average molecular weight is 253 g/mol. The van der Waals surface area contributed by atoms with E-state index in [0.29, 0.717) is 12.5 Å². The summed E-state index contributed by atoms with van der Waals surface area (Å²) in [5.74, 6) is 2.23. The number of nitrogens with one attached hydrogen (secondary N) is 1. The van der Waals surface area contributed by atoms with Crippen molar-refractivity contribution in [3.05, 3.63) is 24.3 Å². The molecule has 1 aromatic carbocycles. The highest BCUT2D eigenvalue weighted by atomic mass is 16.5. The van der Waals surface area contributed by atoms with E-state index in [2.05, 4.69) is 12.2 Å². The number of hydrogen-bond donors (Lipinski definition) is 1. The molecule has 1 unspecified atom stereocenters. The molecule has 0 radical (unpaired) electrons. The van der Waals surface area contributed by atoms with Crippen molar-refractivity contribution in [3.8, 4) is 11.5 Å². The molecule has 4 heteroatoms. The van der Waals surface area contributed by atoms with Gasteiger partial charge in [0.25, 0.3) is 0 Å². The van der Waals surface area contributed by atoms with Crippen LogP contribution in [0.3, 0.4) is 0 Å². The van der Waals surface area contributed by atoms with Crippen molar-refractivity contribution in [2.24, 2.45) is 5.92 Å². The third-order valence-electron chi connectivity index (χ3n) is 2.55. The highest BCUT2D eigenvalue weighted by Gasteiger charge is 2.00. The van der Waals surface area contributed by atoms with Crippen LogP contribution >= 0.6 is 0 Å². The number of methoxy groups -OCH3 is 2. The van der Waals surface area contributed by atoms with Gasteiger partial charge in [-0.2, -0.15) is 0 Å². The average Bonchev–Trinajstić information content (AvgIpc) is 2.39. The molecule has 0 saturated heterocycles. The Morgan fingerprint density at radius 2 is 1.78 bits per heavy atom. The van der Waals surface area contributed by atoms with Gasteiger partial charge in [0.1, 0.15) is 18.1 Å². The number of hydrogen-bond acceptors (Lipinski definition) is 4. The number of benzene rings is 1. The van der Waals surface area contributed by atoms with E-state index in [1.807, 2.05) is 24.3 Å². The second kappa shape index (κ2) is 8.78. The zero-order valence-corrected chi connectivity index (χ0v) is 11.4. The SMILES string of the molecule is COCC(C)CNCCOc1ccc(OC)cc1. The van der Waals surface area contributed by atoms with Crippen molar-refractivity contribution < 1.29 is 14.2 Å². The molecule has 0 fully saturated rings. The Morgan fingerprint density at radius 3 is 2.39 bits per heavy atom. The fraction of sp³-hybridized carbons (Fsp3) is 0.571. The highest BCUT2D eigenvalue weighted by Crippen LogP contribution is 2.16. The number of ether oxygens (including phenoxy) is 3. The maximum atomic E-state index is 5.60. The molecule has 0 heterocycles. The van der Waals surface area contributed by atoms with Crippen LogP contribution in [0.15, 0.2) is 24.3 Å². The minimum atomic E-state index is 0.524. The van der Waals surface area contributed by atoms with Crippen molar-refractivity contribution in [1.82, 2.24) is 5.32 Å². The third kappa shape index (κ3) is 5.89. The van der Waals surface area contributed by atoms with Gasteiger partial charge in [0.2, 0.25) is 0 Å². The summed E-state index contributed by atoms with van der Waals surface area (Å²) < 4.78 is 15.7. The topological polar surface area (TPSA) is 39.7 Å². The second-order valence-electron chi connectivity index (χ2n) is 4.29. The molecule has 0 aliphatic rings. The predicted octanol–water partition coefficient (Wildman–Crippen LogP) is 1.95. The van der Waals surface area contributed by atoms with Crippen LogP contribution in [0.4, 0.5) is 0 Å². The molecule has 0 spiro atoms. The van der Waals surface area contributed by atoms with Gasteiger partial charge in [0.05, 0.1) is 7.11 Å². The van der Waals surface area contributed by atoms with Crippen LogP contribution in [0, 0.1) is 5.92 Å². The minimum absolute atomic E-state index is 0.524. The Balaban J connectivity index is 2.10. The first kappa shape index (κ1) is 14.8. The summed E-state index contributed by atoms with van der Waals surface area (Å²) in [4.78, 5) is 0. The monoisotopic (exact) mass is 253 g/mol. The molecule has 0 aliphatic carbocycles. The van der Waals surface area contributed by atoms with Gasteiger partial charge in [-0.15, -0.1) is 0 Å². The molecular formula is C14H23NO3. The summed E-state index contributed by atoms with van der Waals surface area (Å²) in [6.07, 6.45) is 0. The molecule has 1 atom stereocenters. The van der Waals surface area contributed by atoms with Crippen LogP contribution in [-0.2, 0) is 4.74 Å². The Labute approximate surface area is 109 Å². The predicted molar refractivity (Wildman–Crippen MR) is 72.4 cm³/mol. The zero-order valence-electron chi connectivity index (χ0n) is 11.4. The first-order valence-corrected chi connectivity index (χ1v) is 6.22. The van der Waals surface area contributed by atoms with Gasteiger partial charge >= 0.3 is 0 Å². The van der Waals surface area contributed by atoms with Crippen LogP contribution in [0.5, 0.6) is 11.5 Å². The molecule has 0 aliphatic heterocycles. The zero-order chi connectivity index (χ0) is 13.2. The smallest absolute Gasteiger partial charge is 0.119 e. The van der Waals surface area contributed by atoms with Crippen molar-refractivity contribution in [3.63, 3.8) is 0 Å². The highest BCUT2D eigenvalue weighted by molar-refractivity contribution is 5.31. The summed E-state index contributed by atoms with van der Waals surface area (Å²) in [7, 11) is 3.38. The van der Waals surface area contributed by atoms with E-state index in [9.17, 15) is 0 Å². The fourth-order valence-electron chi connectivity index (χ4n) is 1.60. The van der Waals surface area contributed by atoms with Gasteiger partial charge in [0.15, 0.2) is 0 Å². The lowest BCUT2D eigenvalue weighted by Crippen LogP contribution is -2.27. The summed E-state index contributed by atoms with van der Waals surface area (Å²) in [6.45, 7) is 5.37. The number of rotatable bonds is 9. The van der Waals surface area contributed by atoms with Gasteiger partial charge < -0.3 is 19.5 Å². The molecule has 0 bridgehead atoms. The van der Waals surface area contributed by atoms with Crippen LogP contribution in [0.1, 0.15) is 6.92 Å². The van der Waals surface area contributed by atoms with Gasteiger partial charge in [-0.25, -0.2) is 0 Å². The maximum Gasteiger partial charge on any atom is 0.119 e.